The Hall–Kier alpha value is -0.875. The molecule has 0 amide bonds. The van der Waals surface area contributed by atoms with E-state index in [0.29, 0.717) is 11.5 Å². The summed E-state index contributed by atoms with van der Waals surface area (Å²) in [6, 6.07) is 8.06. The fourth-order valence-corrected chi connectivity index (χ4v) is 2.44. The van der Waals surface area contributed by atoms with Gasteiger partial charge in [-0.25, -0.2) is 0 Å². The predicted octanol–water partition coefficient (Wildman–Crippen LogP) is -0.498. The first-order valence-electron chi connectivity index (χ1n) is 6.44. The van der Waals surface area contributed by atoms with Crippen LogP contribution in [0, 0.1) is 0 Å². The second kappa shape index (κ2) is 5.84. The lowest BCUT2D eigenvalue weighted by Crippen LogP contribution is -2.49. The molecule has 1 aromatic carbocycles. The standard InChI is InChI=1S/C13H21BN2O2/c1-11-9-15(2)7-8-16(11)10-12-3-5-13(6-4-12)14(17)18/h3-6,11,17-18H,7-10H2,1-2H3. The van der Waals surface area contributed by atoms with E-state index in [1.807, 2.05) is 12.1 Å². The van der Waals surface area contributed by atoms with Gasteiger partial charge >= 0.3 is 7.12 Å². The van der Waals surface area contributed by atoms with Crippen molar-refractivity contribution in [3.05, 3.63) is 29.8 Å². The largest absolute Gasteiger partial charge is 0.488 e. The maximum Gasteiger partial charge on any atom is 0.488 e. The Morgan fingerprint density at radius 2 is 1.89 bits per heavy atom. The van der Waals surface area contributed by atoms with Gasteiger partial charge in [-0.05, 0) is 25.0 Å². The van der Waals surface area contributed by atoms with Gasteiger partial charge in [0.15, 0.2) is 0 Å². The molecule has 18 heavy (non-hydrogen) atoms. The molecule has 1 aliphatic heterocycles. The van der Waals surface area contributed by atoms with Crippen molar-refractivity contribution in [1.82, 2.24) is 9.80 Å². The van der Waals surface area contributed by atoms with E-state index in [-0.39, 0.29) is 0 Å². The molecule has 1 saturated heterocycles. The van der Waals surface area contributed by atoms with E-state index in [0.717, 1.165) is 26.2 Å². The van der Waals surface area contributed by atoms with Crippen LogP contribution in [-0.2, 0) is 6.54 Å². The third kappa shape index (κ3) is 3.33. The normalized spacial score (nSPS) is 22.1. The van der Waals surface area contributed by atoms with Crippen LogP contribution in [0.15, 0.2) is 24.3 Å². The van der Waals surface area contributed by atoms with Crippen LogP contribution in [0.2, 0.25) is 0 Å². The lowest BCUT2D eigenvalue weighted by Gasteiger charge is -2.38. The Bertz CT molecular complexity index is 383. The van der Waals surface area contributed by atoms with Gasteiger partial charge in [0.05, 0.1) is 0 Å². The van der Waals surface area contributed by atoms with Gasteiger partial charge in [-0.2, -0.15) is 0 Å². The summed E-state index contributed by atoms with van der Waals surface area (Å²) in [6.45, 7) is 6.48. The van der Waals surface area contributed by atoms with E-state index >= 15 is 0 Å². The summed E-state index contributed by atoms with van der Waals surface area (Å²) < 4.78 is 0. The number of piperazine rings is 1. The first-order valence-corrected chi connectivity index (χ1v) is 6.44. The van der Waals surface area contributed by atoms with Crippen LogP contribution in [-0.4, -0.2) is 59.7 Å². The smallest absolute Gasteiger partial charge is 0.423 e. The Balaban J connectivity index is 1.96. The molecule has 1 aromatic rings. The fraction of sp³-hybridized carbons (Fsp3) is 0.538. The van der Waals surface area contributed by atoms with Crippen LogP contribution in [0.1, 0.15) is 12.5 Å². The molecule has 1 fully saturated rings. The number of benzene rings is 1. The molecule has 2 N–H and O–H groups in total. The van der Waals surface area contributed by atoms with Crippen molar-refractivity contribution in [1.29, 1.82) is 0 Å². The van der Waals surface area contributed by atoms with Gasteiger partial charge < -0.3 is 14.9 Å². The summed E-state index contributed by atoms with van der Waals surface area (Å²) in [5.41, 5.74) is 1.76. The summed E-state index contributed by atoms with van der Waals surface area (Å²) in [5, 5.41) is 18.1. The van der Waals surface area contributed by atoms with E-state index in [9.17, 15) is 0 Å². The van der Waals surface area contributed by atoms with Crippen molar-refractivity contribution in [3.8, 4) is 0 Å². The third-order valence-electron chi connectivity index (χ3n) is 3.63. The molecule has 4 nitrogen and oxygen atoms in total. The molecular weight excluding hydrogens is 227 g/mol. The first-order chi connectivity index (χ1) is 8.56. The predicted molar refractivity (Wildman–Crippen MR) is 73.6 cm³/mol. The van der Waals surface area contributed by atoms with Crippen molar-refractivity contribution in [3.63, 3.8) is 0 Å². The first kappa shape index (κ1) is 13.6. The van der Waals surface area contributed by atoms with E-state index < -0.39 is 7.12 Å². The fourth-order valence-electron chi connectivity index (χ4n) is 2.44. The Labute approximate surface area is 109 Å². The van der Waals surface area contributed by atoms with Crippen molar-refractivity contribution >= 4 is 12.6 Å². The van der Waals surface area contributed by atoms with E-state index in [4.69, 9.17) is 10.0 Å². The summed E-state index contributed by atoms with van der Waals surface area (Å²) in [5.74, 6) is 0. The molecule has 0 spiro atoms. The zero-order valence-electron chi connectivity index (χ0n) is 11.1. The average Bonchev–Trinajstić information content (AvgIpc) is 2.33. The second-order valence-corrected chi connectivity index (χ2v) is 5.20. The van der Waals surface area contributed by atoms with E-state index in [1.165, 1.54) is 5.56 Å². The molecule has 0 aliphatic carbocycles. The van der Waals surface area contributed by atoms with Crippen LogP contribution < -0.4 is 5.46 Å². The Morgan fingerprint density at radius 3 is 2.44 bits per heavy atom. The minimum atomic E-state index is -1.37. The third-order valence-corrected chi connectivity index (χ3v) is 3.63. The molecule has 1 atom stereocenters. The van der Waals surface area contributed by atoms with Gasteiger partial charge in [0.25, 0.3) is 0 Å². The minimum Gasteiger partial charge on any atom is -0.423 e. The van der Waals surface area contributed by atoms with E-state index in [1.54, 1.807) is 12.1 Å². The van der Waals surface area contributed by atoms with Crippen molar-refractivity contribution in [2.45, 2.75) is 19.5 Å². The quantitative estimate of drug-likeness (QED) is 0.708. The molecule has 0 radical (unpaired) electrons. The molecule has 0 aromatic heterocycles. The summed E-state index contributed by atoms with van der Waals surface area (Å²) in [7, 11) is 0.784. The van der Waals surface area contributed by atoms with Gasteiger partial charge in [-0.3, -0.25) is 4.90 Å². The van der Waals surface area contributed by atoms with Gasteiger partial charge in [0, 0.05) is 32.2 Å². The highest BCUT2D eigenvalue weighted by Crippen LogP contribution is 2.12. The van der Waals surface area contributed by atoms with Crippen LogP contribution >= 0.6 is 0 Å². The summed E-state index contributed by atoms with van der Waals surface area (Å²) in [6.07, 6.45) is 0. The van der Waals surface area contributed by atoms with Crippen LogP contribution in [0.4, 0.5) is 0 Å². The molecule has 98 valence electrons. The zero-order chi connectivity index (χ0) is 13.1. The summed E-state index contributed by atoms with van der Waals surface area (Å²) in [4.78, 5) is 4.82. The number of rotatable bonds is 3. The monoisotopic (exact) mass is 248 g/mol. The molecule has 1 unspecified atom stereocenters. The minimum absolute atomic E-state index is 0.546. The number of hydrogen-bond acceptors (Lipinski definition) is 4. The summed E-state index contributed by atoms with van der Waals surface area (Å²) >= 11 is 0. The van der Waals surface area contributed by atoms with Crippen molar-refractivity contribution < 1.29 is 10.0 Å². The highest BCUT2D eigenvalue weighted by molar-refractivity contribution is 6.58. The number of likely N-dealkylation sites (N-methyl/N-ethyl adjacent to an activating group) is 1. The maximum absolute atomic E-state index is 9.05. The molecule has 0 saturated carbocycles. The zero-order valence-corrected chi connectivity index (χ0v) is 11.1. The molecule has 1 heterocycles. The number of nitrogens with zero attached hydrogens (tertiary/aromatic N) is 2. The SMILES string of the molecule is CC1CN(C)CCN1Cc1ccc(B(O)O)cc1. The topological polar surface area (TPSA) is 46.9 Å². The highest BCUT2D eigenvalue weighted by atomic mass is 16.4. The Morgan fingerprint density at radius 1 is 1.22 bits per heavy atom. The Kier molecular flexibility index (Phi) is 4.40. The molecule has 0 bridgehead atoms. The van der Waals surface area contributed by atoms with Crippen LogP contribution in [0.3, 0.4) is 0 Å². The highest BCUT2D eigenvalue weighted by Gasteiger charge is 2.21. The van der Waals surface area contributed by atoms with Gasteiger partial charge in [0.2, 0.25) is 0 Å². The average molecular weight is 248 g/mol. The van der Waals surface area contributed by atoms with E-state index in [2.05, 4.69) is 23.8 Å². The molecule has 1 aliphatic rings. The van der Waals surface area contributed by atoms with Gasteiger partial charge in [-0.1, -0.05) is 24.3 Å². The van der Waals surface area contributed by atoms with Crippen molar-refractivity contribution in [2.75, 3.05) is 26.7 Å². The van der Waals surface area contributed by atoms with Gasteiger partial charge in [0.1, 0.15) is 0 Å². The van der Waals surface area contributed by atoms with Crippen LogP contribution in [0.25, 0.3) is 0 Å². The molecule has 2 rings (SSSR count). The number of hydrogen-bond donors (Lipinski definition) is 2. The lowest BCUT2D eigenvalue weighted by atomic mass is 9.80. The van der Waals surface area contributed by atoms with Crippen molar-refractivity contribution in [2.24, 2.45) is 0 Å². The van der Waals surface area contributed by atoms with Gasteiger partial charge in [-0.15, -0.1) is 0 Å². The lowest BCUT2D eigenvalue weighted by molar-refractivity contribution is 0.0938. The van der Waals surface area contributed by atoms with Crippen LogP contribution in [0.5, 0.6) is 0 Å². The second-order valence-electron chi connectivity index (χ2n) is 5.20. The molecule has 5 heteroatoms. The molecular formula is C13H21BN2O2. The maximum atomic E-state index is 9.05.